The van der Waals surface area contributed by atoms with Crippen molar-refractivity contribution >= 4 is 50.7 Å². The Morgan fingerprint density at radius 3 is 2.27 bits per heavy atom. The lowest BCUT2D eigenvalue weighted by Gasteiger charge is -2.34. The predicted octanol–water partition coefficient (Wildman–Crippen LogP) is 6.07. The molecule has 4 rings (SSSR count). The summed E-state index contributed by atoms with van der Waals surface area (Å²) in [7, 11) is -1.41. The number of amides is 2. The Labute approximate surface area is 269 Å². The normalized spacial score (nSPS) is 14.1. The Bertz CT molecular complexity index is 1570. The predicted molar refractivity (Wildman–Crippen MR) is 172 cm³/mol. The number of benzene rings is 3. The first kappa shape index (κ1) is 33.4. The van der Waals surface area contributed by atoms with Crippen LogP contribution in [0.3, 0.4) is 0 Å². The van der Waals surface area contributed by atoms with Gasteiger partial charge in [0.2, 0.25) is 11.8 Å². The van der Waals surface area contributed by atoms with Crippen LogP contribution in [0.1, 0.15) is 44.6 Å². The molecule has 0 spiro atoms. The molecule has 0 radical (unpaired) electrons. The van der Waals surface area contributed by atoms with Crippen LogP contribution < -0.4 is 19.1 Å². The van der Waals surface area contributed by atoms with E-state index in [1.807, 2.05) is 6.92 Å². The molecule has 3 aromatic carbocycles. The number of hydrogen-bond donors (Lipinski definition) is 1. The zero-order chi connectivity index (χ0) is 31.9. The summed E-state index contributed by atoms with van der Waals surface area (Å²) >= 11 is 12.4. The molecule has 1 N–H and O–H groups in total. The van der Waals surface area contributed by atoms with E-state index in [0.29, 0.717) is 27.8 Å². The second kappa shape index (κ2) is 15.0. The molecule has 9 nitrogen and oxygen atoms in total. The number of nitrogens with zero attached hydrogens (tertiary/aromatic N) is 2. The fourth-order valence-electron chi connectivity index (χ4n) is 5.35. The highest BCUT2D eigenvalue weighted by Crippen LogP contribution is 2.36. The highest BCUT2D eigenvalue weighted by Gasteiger charge is 2.35. The van der Waals surface area contributed by atoms with Crippen LogP contribution in [-0.4, -0.2) is 58.0 Å². The van der Waals surface area contributed by atoms with E-state index in [9.17, 15) is 18.0 Å². The van der Waals surface area contributed by atoms with Crippen molar-refractivity contribution in [2.24, 2.45) is 0 Å². The monoisotopic (exact) mass is 661 g/mol. The maximum atomic E-state index is 14.4. The zero-order valence-electron chi connectivity index (χ0n) is 25.0. The standard InChI is InChI=1S/C32H37Cl2N3O6S/c1-4-28(32(39)35-23-10-8-9-11-23)36(20-22-14-16-26(33)27(34)18-22)31(38)21-37(44(40,41)25-12-6-5-7-13-25)29-19-24(42-2)15-17-30(29)43-3/h5-7,12-19,23,28H,4,8-11,20-21H2,1-3H3,(H,35,39)/t28-/m0/s1. The zero-order valence-corrected chi connectivity index (χ0v) is 27.3. The SMILES string of the molecule is CC[C@@H](C(=O)NC1CCCC1)N(Cc1ccc(Cl)c(Cl)c1)C(=O)CN(c1cc(OC)ccc1OC)S(=O)(=O)c1ccccc1. The van der Waals surface area contributed by atoms with Crippen LogP contribution in [0.25, 0.3) is 0 Å². The average molecular weight is 663 g/mol. The second-order valence-electron chi connectivity index (χ2n) is 10.5. The van der Waals surface area contributed by atoms with E-state index in [1.165, 1.54) is 37.3 Å². The molecule has 1 aliphatic rings. The van der Waals surface area contributed by atoms with Gasteiger partial charge in [0.25, 0.3) is 10.0 Å². The average Bonchev–Trinajstić information content (AvgIpc) is 3.54. The fourth-order valence-corrected chi connectivity index (χ4v) is 7.10. The van der Waals surface area contributed by atoms with Gasteiger partial charge < -0.3 is 19.7 Å². The molecule has 0 bridgehead atoms. The molecule has 44 heavy (non-hydrogen) atoms. The molecule has 1 aliphatic carbocycles. The number of anilines is 1. The number of ether oxygens (including phenoxy) is 2. The van der Waals surface area contributed by atoms with Gasteiger partial charge in [-0.2, -0.15) is 0 Å². The van der Waals surface area contributed by atoms with E-state index < -0.39 is 28.5 Å². The van der Waals surface area contributed by atoms with E-state index >= 15 is 0 Å². The maximum absolute atomic E-state index is 14.4. The minimum Gasteiger partial charge on any atom is -0.497 e. The minimum absolute atomic E-state index is 0.000780. The molecule has 0 saturated heterocycles. The highest BCUT2D eigenvalue weighted by atomic mass is 35.5. The Hall–Kier alpha value is -3.47. The van der Waals surface area contributed by atoms with Gasteiger partial charge in [-0.05, 0) is 61.2 Å². The number of hydrogen-bond acceptors (Lipinski definition) is 6. The second-order valence-corrected chi connectivity index (χ2v) is 13.2. The summed E-state index contributed by atoms with van der Waals surface area (Å²) in [5.41, 5.74) is 0.748. The lowest BCUT2D eigenvalue weighted by Crippen LogP contribution is -2.53. The number of methoxy groups -OCH3 is 2. The smallest absolute Gasteiger partial charge is 0.264 e. The van der Waals surface area contributed by atoms with Crippen molar-refractivity contribution in [3.63, 3.8) is 0 Å². The number of carbonyl (C=O) groups is 2. The van der Waals surface area contributed by atoms with Gasteiger partial charge in [0.05, 0.1) is 34.8 Å². The Kier molecular flexibility index (Phi) is 11.4. The van der Waals surface area contributed by atoms with E-state index in [-0.39, 0.29) is 34.8 Å². The van der Waals surface area contributed by atoms with Gasteiger partial charge in [-0.3, -0.25) is 13.9 Å². The summed E-state index contributed by atoms with van der Waals surface area (Å²) < 4.78 is 40.2. The van der Waals surface area contributed by atoms with E-state index in [4.69, 9.17) is 32.7 Å². The molecule has 0 heterocycles. The summed E-state index contributed by atoms with van der Waals surface area (Å²) in [6.07, 6.45) is 4.12. The third-order valence-corrected chi connectivity index (χ3v) is 10.2. The molecular formula is C32H37Cl2N3O6S. The van der Waals surface area contributed by atoms with Crippen molar-refractivity contribution in [2.45, 2.75) is 62.6 Å². The van der Waals surface area contributed by atoms with E-state index in [0.717, 1.165) is 30.0 Å². The van der Waals surface area contributed by atoms with Crippen molar-refractivity contribution in [1.29, 1.82) is 0 Å². The molecular weight excluding hydrogens is 625 g/mol. The van der Waals surface area contributed by atoms with Crippen LogP contribution in [0.4, 0.5) is 5.69 Å². The summed E-state index contributed by atoms with van der Waals surface area (Å²) in [6.45, 7) is 1.20. The van der Waals surface area contributed by atoms with Crippen LogP contribution in [0.5, 0.6) is 11.5 Å². The molecule has 2 amide bonds. The lowest BCUT2D eigenvalue weighted by atomic mass is 10.1. The minimum atomic E-state index is -4.29. The summed E-state index contributed by atoms with van der Waals surface area (Å²) in [5.74, 6) is -0.283. The Morgan fingerprint density at radius 2 is 1.66 bits per heavy atom. The van der Waals surface area contributed by atoms with Crippen LogP contribution in [0.2, 0.25) is 10.0 Å². The summed E-state index contributed by atoms with van der Waals surface area (Å²) in [5, 5.41) is 3.75. The molecule has 1 atom stereocenters. The quantitative estimate of drug-likeness (QED) is 0.238. The van der Waals surface area contributed by atoms with Gasteiger partial charge in [0, 0.05) is 18.7 Å². The first-order valence-corrected chi connectivity index (χ1v) is 16.6. The molecule has 12 heteroatoms. The molecule has 1 saturated carbocycles. The lowest BCUT2D eigenvalue weighted by molar-refractivity contribution is -0.140. The van der Waals surface area contributed by atoms with Crippen molar-refractivity contribution in [1.82, 2.24) is 10.2 Å². The summed E-state index contributed by atoms with van der Waals surface area (Å²) in [6, 6.07) is 16.7. The molecule has 3 aromatic rings. The topological polar surface area (TPSA) is 105 Å². The van der Waals surface area contributed by atoms with Crippen molar-refractivity contribution in [2.75, 3.05) is 25.1 Å². The van der Waals surface area contributed by atoms with Gasteiger partial charge in [-0.25, -0.2) is 8.42 Å². The van der Waals surface area contributed by atoms with Crippen LogP contribution >= 0.6 is 23.2 Å². The summed E-state index contributed by atoms with van der Waals surface area (Å²) in [4.78, 5) is 29.4. The molecule has 236 valence electrons. The molecule has 0 aromatic heterocycles. The number of carbonyl (C=O) groups excluding carboxylic acids is 2. The third-order valence-electron chi connectivity index (χ3n) is 7.69. The molecule has 0 aliphatic heterocycles. The van der Waals surface area contributed by atoms with Crippen LogP contribution in [0, 0.1) is 0 Å². The van der Waals surface area contributed by atoms with Crippen LogP contribution in [0.15, 0.2) is 71.6 Å². The number of halogens is 2. The van der Waals surface area contributed by atoms with E-state index in [2.05, 4.69) is 5.32 Å². The first-order valence-electron chi connectivity index (χ1n) is 14.4. The van der Waals surface area contributed by atoms with Gasteiger partial charge >= 0.3 is 0 Å². The number of sulfonamides is 1. The third kappa shape index (κ3) is 7.78. The Morgan fingerprint density at radius 1 is 0.955 bits per heavy atom. The molecule has 1 fully saturated rings. The van der Waals surface area contributed by atoms with Gasteiger partial charge in [-0.15, -0.1) is 0 Å². The van der Waals surface area contributed by atoms with Crippen molar-refractivity contribution in [3.05, 3.63) is 82.3 Å². The Balaban J connectivity index is 1.78. The van der Waals surface area contributed by atoms with Gasteiger partial charge in [0.15, 0.2) is 0 Å². The van der Waals surface area contributed by atoms with E-state index in [1.54, 1.807) is 48.5 Å². The number of nitrogens with one attached hydrogen (secondary N) is 1. The largest absolute Gasteiger partial charge is 0.497 e. The van der Waals surface area contributed by atoms with Gasteiger partial charge in [-0.1, -0.05) is 67.2 Å². The van der Waals surface area contributed by atoms with Gasteiger partial charge in [0.1, 0.15) is 24.1 Å². The number of rotatable bonds is 13. The van der Waals surface area contributed by atoms with Crippen LogP contribution in [-0.2, 0) is 26.2 Å². The maximum Gasteiger partial charge on any atom is 0.264 e. The molecule has 0 unspecified atom stereocenters. The fraction of sp³-hybridized carbons (Fsp3) is 0.375. The van der Waals surface area contributed by atoms with Crippen molar-refractivity contribution in [3.8, 4) is 11.5 Å². The first-order chi connectivity index (χ1) is 21.1. The highest BCUT2D eigenvalue weighted by molar-refractivity contribution is 7.92. The van der Waals surface area contributed by atoms with Crippen molar-refractivity contribution < 1.29 is 27.5 Å².